The van der Waals surface area contributed by atoms with E-state index >= 15 is 0 Å². The summed E-state index contributed by atoms with van der Waals surface area (Å²) in [6.07, 6.45) is 5.31. The van der Waals surface area contributed by atoms with Gasteiger partial charge in [-0.15, -0.1) is 0 Å². The van der Waals surface area contributed by atoms with E-state index in [4.69, 9.17) is 5.73 Å². The van der Waals surface area contributed by atoms with Gasteiger partial charge in [-0.2, -0.15) is 4.31 Å². The Morgan fingerprint density at radius 1 is 1.15 bits per heavy atom. The van der Waals surface area contributed by atoms with Crippen LogP contribution in [-0.4, -0.2) is 43.5 Å². The van der Waals surface area contributed by atoms with Crippen LogP contribution >= 0.6 is 12.1 Å². The number of carbonyl (C=O) groups is 3. The molecule has 2 amide bonds. The van der Waals surface area contributed by atoms with Crippen molar-refractivity contribution in [2.45, 2.75) is 5.54 Å². The lowest BCUT2D eigenvalue weighted by atomic mass is 9.95. The quantitative estimate of drug-likeness (QED) is 0.569. The fourth-order valence-corrected chi connectivity index (χ4v) is 4.10. The molecule has 1 aromatic carbocycles. The highest BCUT2D eigenvalue weighted by atomic mass is 32.2. The molecule has 9 nitrogen and oxygen atoms in total. The molecule has 0 bridgehead atoms. The topological polar surface area (TPSA) is 119 Å². The third kappa shape index (κ3) is 2.26. The summed E-state index contributed by atoms with van der Waals surface area (Å²) in [4.78, 5) is 52.0. The number of fused-ring (bicyclic) bond motifs is 1. The Morgan fingerprint density at radius 2 is 1.85 bits per heavy atom. The van der Waals surface area contributed by atoms with E-state index in [-0.39, 0.29) is 17.9 Å². The molecule has 2 aromatic rings. The molecule has 10 heteroatoms. The van der Waals surface area contributed by atoms with E-state index in [1.807, 2.05) is 0 Å². The number of carbonyl (C=O) groups excluding carboxylic acids is 3. The van der Waals surface area contributed by atoms with Gasteiger partial charge in [-0.05, 0) is 24.3 Å². The van der Waals surface area contributed by atoms with Crippen LogP contribution in [-0.2, 0) is 14.4 Å². The molecule has 131 valence electrons. The first-order chi connectivity index (χ1) is 12.4. The smallest absolute Gasteiger partial charge is 0.273 e. The fourth-order valence-electron chi connectivity index (χ4n) is 2.94. The van der Waals surface area contributed by atoms with Crippen LogP contribution in [0, 0.1) is 6.42 Å². The van der Waals surface area contributed by atoms with Gasteiger partial charge in [-0.1, -0.05) is 0 Å². The fraction of sp³-hybridized carbons (Fsp3) is 0.125. The van der Waals surface area contributed by atoms with Crippen LogP contribution in [0.25, 0.3) is 5.69 Å². The van der Waals surface area contributed by atoms with Crippen molar-refractivity contribution in [2.24, 2.45) is 5.73 Å². The van der Waals surface area contributed by atoms with Crippen molar-refractivity contribution < 1.29 is 14.4 Å². The van der Waals surface area contributed by atoms with E-state index in [1.54, 1.807) is 24.3 Å². The van der Waals surface area contributed by atoms with Gasteiger partial charge in [0.2, 0.25) is 11.4 Å². The molecule has 2 saturated heterocycles. The maximum Gasteiger partial charge on any atom is 0.273 e. The highest BCUT2D eigenvalue weighted by Crippen LogP contribution is 2.45. The second kappa shape index (κ2) is 5.78. The van der Waals surface area contributed by atoms with Crippen molar-refractivity contribution in [1.82, 2.24) is 13.9 Å². The van der Waals surface area contributed by atoms with Crippen molar-refractivity contribution in [3.8, 4) is 5.69 Å². The lowest BCUT2D eigenvalue weighted by molar-refractivity contribution is -0.134. The van der Waals surface area contributed by atoms with Gasteiger partial charge in [0, 0.05) is 30.2 Å². The molecule has 2 aliphatic heterocycles. The number of amides is 2. The minimum Gasteiger partial charge on any atom is -0.368 e. The van der Waals surface area contributed by atoms with Crippen molar-refractivity contribution in [3.63, 3.8) is 0 Å². The Kier molecular flexibility index (Phi) is 3.67. The summed E-state index contributed by atoms with van der Waals surface area (Å²) >= 11 is 0.964. The molecule has 2 N–H and O–H groups in total. The molecule has 26 heavy (non-hydrogen) atoms. The minimum atomic E-state index is -1.75. The first kappa shape index (κ1) is 16.5. The number of hydrogen-bond donors (Lipinski definition) is 1. The molecule has 0 unspecified atom stereocenters. The lowest BCUT2D eigenvalue weighted by Gasteiger charge is -2.21. The number of benzene rings is 1. The van der Waals surface area contributed by atoms with Gasteiger partial charge < -0.3 is 5.73 Å². The predicted octanol–water partition coefficient (Wildman–Crippen LogP) is -0.545. The number of aromatic nitrogens is 2. The van der Waals surface area contributed by atoms with E-state index in [9.17, 15) is 19.2 Å². The Labute approximate surface area is 151 Å². The maximum absolute atomic E-state index is 12.8. The van der Waals surface area contributed by atoms with Gasteiger partial charge in [0.05, 0.1) is 24.8 Å². The number of rotatable bonds is 3. The zero-order chi connectivity index (χ0) is 18.5. The van der Waals surface area contributed by atoms with Crippen LogP contribution in [0.2, 0.25) is 0 Å². The van der Waals surface area contributed by atoms with E-state index in [0.29, 0.717) is 11.4 Å². The van der Waals surface area contributed by atoms with Gasteiger partial charge in [0.25, 0.3) is 11.5 Å². The number of primary amides is 1. The zero-order valence-corrected chi connectivity index (χ0v) is 14.0. The Bertz CT molecular complexity index is 989. The Balaban J connectivity index is 1.67. The van der Waals surface area contributed by atoms with Gasteiger partial charge in [0.1, 0.15) is 0 Å². The molecule has 4 rings (SSSR count). The van der Waals surface area contributed by atoms with E-state index in [2.05, 4.69) is 4.98 Å². The summed E-state index contributed by atoms with van der Waals surface area (Å²) in [5.41, 5.74) is 4.49. The third-order valence-corrected chi connectivity index (χ3v) is 5.37. The standard InChI is InChI=1S/C16H12N5O4S/c17-14(24)16-7-12(22)9-20(16)26-21(15(16)25)11-3-1-10(2-4-11)19-6-5-18-8-13(19)23/h1-8H,9H2,(H2,17,24)/t16-/m1/s1. The number of nitrogens with two attached hydrogens (primary N) is 1. The SMILES string of the molecule is NC(=O)[C@@]12[CH]C(=O)CN1SN(c1ccc(-n3ccncc3=O)cc1)C2=O. The van der Waals surface area contributed by atoms with E-state index < -0.39 is 17.4 Å². The first-order valence-corrected chi connectivity index (χ1v) is 8.28. The van der Waals surface area contributed by atoms with Crippen molar-refractivity contribution in [3.05, 3.63) is 59.6 Å². The average molecular weight is 370 g/mol. The second-order valence-electron chi connectivity index (χ2n) is 5.76. The van der Waals surface area contributed by atoms with Gasteiger partial charge in [-0.3, -0.25) is 28.7 Å². The molecule has 1 radical (unpaired) electrons. The number of nitrogens with zero attached hydrogens (tertiary/aromatic N) is 4. The first-order valence-electron chi connectivity index (χ1n) is 7.55. The van der Waals surface area contributed by atoms with Crippen molar-refractivity contribution in [1.29, 1.82) is 0 Å². The summed E-state index contributed by atoms with van der Waals surface area (Å²) in [6.45, 7) is -0.0691. The molecular weight excluding hydrogens is 358 g/mol. The summed E-state index contributed by atoms with van der Waals surface area (Å²) in [5.74, 6) is -1.80. The zero-order valence-electron chi connectivity index (χ0n) is 13.2. The average Bonchev–Trinajstić information content (AvgIpc) is 3.09. The molecular formula is C16H12N5O4S. The van der Waals surface area contributed by atoms with Crippen LogP contribution in [0.4, 0.5) is 5.69 Å². The highest BCUT2D eigenvalue weighted by molar-refractivity contribution is 7.99. The highest BCUT2D eigenvalue weighted by Gasteiger charge is 2.63. The largest absolute Gasteiger partial charge is 0.368 e. The van der Waals surface area contributed by atoms with Crippen molar-refractivity contribution in [2.75, 3.05) is 10.8 Å². The van der Waals surface area contributed by atoms with Crippen LogP contribution in [0.5, 0.6) is 0 Å². The summed E-state index contributed by atoms with van der Waals surface area (Å²) in [5, 5.41) is 0. The molecule has 1 atom stereocenters. The van der Waals surface area contributed by atoms with Crippen LogP contribution in [0.15, 0.2) is 47.7 Å². The number of Topliss-reactive ketones (excluding diaryl/α,β-unsaturated/α-hetero) is 1. The van der Waals surface area contributed by atoms with Crippen LogP contribution in [0.3, 0.4) is 0 Å². The van der Waals surface area contributed by atoms with Crippen LogP contribution < -0.4 is 15.6 Å². The minimum absolute atomic E-state index is 0.0691. The molecule has 0 spiro atoms. The lowest BCUT2D eigenvalue weighted by Crippen LogP contribution is -2.55. The normalized spacial score (nSPS) is 22.7. The Hall–Kier alpha value is -2.98. The predicted molar refractivity (Wildman–Crippen MR) is 92.8 cm³/mol. The molecule has 3 heterocycles. The summed E-state index contributed by atoms with van der Waals surface area (Å²) in [7, 11) is 0. The third-order valence-electron chi connectivity index (χ3n) is 4.22. The molecule has 1 aromatic heterocycles. The number of anilines is 1. The van der Waals surface area contributed by atoms with Crippen LogP contribution in [0.1, 0.15) is 0 Å². The second-order valence-corrected chi connectivity index (χ2v) is 6.73. The number of ketones is 1. The summed E-state index contributed by atoms with van der Waals surface area (Å²) < 4.78 is 4.10. The molecule has 0 saturated carbocycles. The molecule has 2 aliphatic rings. The number of hydrogen-bond acceptors (Lipinski definition) is 7. The molecule has 2 fully saturated rings. The van der Waals surface area contributed by atoms with E-state index in [1.165, 1.54) is 31.8 Å². The van der Waals surface area contributed by atoms with Gasteiger partial charge in [-0.25, -0.2) is 4.31 Å². The van der Waals surface area contributed by atoms with E-state index in [0.717, 1.165) is 18.6 Å². The monoisotopic (exact) mass is 370 g/mol. The van der Waals surface area contributed by atoms with Gasteiger partial charge >= 0.3 is 0 Å². The van der Waals surface area contributed by atoms with Crippen molar-refractivity contribution >= 4 is 35.4 Å². The molecule has 0 aliphatic carbocycles. The maximum atomic E-state index is 12.8. The van der Waals surface area contributed by atoms with Gasteiger partial charge in [0.15, 0.2) is 5.78 Å². The Morgan fingerprint density at radius 3 is 2.46 bits per heavy atom. The summed E-state index contributed by atoms with van der Waals surface area (Å²) in [6, 6.07) is 6.62.